The molecule has 0 heterocycles. The fraction of sp³-hybridized carbons (Fsp3) is 0.435. The molecule has 0 radical (unpaired) electrons. The number of nitrogens with one attached hydrogen (secondary N) is 1. The summed E-state index contributed by atoms with van der Waals surface area (Å²) in [6, 6.07) is 12.4. The fourth-order valence-corrected chi connectivity index (χ4v) is 6.18. The summed E-state index contributed by atoms with van der Waals surface area (Å²) in [4.78, 5) is 0. The number of benzene rings is 2. The smallest absolute Gasteiger partial charge is 0.148 e. The van der Waals surface area contributed by atoms with Gasteiger partial charge in [0.2, 0.25) is 0 Å². The molecular formula is C23H25FN2O. The monoisotopic (exact) mass is 364 g/mol. The van der Waals surface area contributed by atoms with Gasteiger partial charge in [-0.3, -0.25) is 5.43 Å². The average molecular weight is 364 g/mol. The maximum atomic E-state index is 13.7. The van der Waals surface area contributed by atoms with Gasteiger partial charge < -0.3 is 5.11 Å². The van der Waals surface area contributed by atoms with Crippen LogP contribution >= 0.6 is 0 Å². The number of anilines is 1. The first-order valence-corrected chi connectivity index (χ1v) is 9.98. The highest BCUT2D eigenvalue weighted by Gasteiger charge is 2.51. The molecule has 0 saturated heterocycles. The third-order valence-electron chi connectivity index (χ3n) is 6.94. The lowest BCUT2D eigenvalue weighted by molar-refractivity contribution is -0.00520. The second kappa shape index (κ2) is 6.36. The van der Waals surface area contributed by atoms with Crippen LogP contribution in [0.4, 0.5) is 10.1 Å². The van der Waals surface area contributed by atoms with Crippen molar-refractivity contribution in [3.8, 4) is 5.75 Å². The fourth-order valence-electron chi connectivity index (χ4n) is 6.18. The number of hydrogen-bond acceptors (Lipinski definition) is 3. The van der Waals surface area contributed by atoms with E-state index in [1.165, 1.54) is 50.2 Å². The van der Waals surface area contributed by atoms with Crippen molar-refractivity contribution in [3.05, 3.63) is 59.4 Å². The van der Waals surface area contributed by atoms with Gasteiger partial charge in [0.25, 0.3) is 0 Å². The number of nitrogens with zero attached hydrogens (tertiary/aromatic N) is 1. The van der Waals surface area contributed by atoms with E-state index >= 15 is 0 Å². The molecule has 27 heavy (non-hydrogen) atoms. The summed E-state index contributed by atoms with van der Waals surface area (Å²) in [6.45, 7) is 0. The van der Waals surface area contributed by atoms with Crippen LogP contribution in [0.5, 0.6) is 5.75 Å². The Balaban J connectivity index is 1.40. The summed E-state index contributed by atoms with van der Waals surface area (Å²) in [5, 5.41) is 14.4. The normalized spacial score (nSPS) is 31.5. The Kier molecular flexibility index (Phi) is 3.96. The summed E-state index contributed by atoms with van der Waals surface area (Å²) in [5.41, 5.74) is 5.36. The summed E-state index contributed by atoms with van der Waals surface area (Å²) >= 11 is 0. The van der Waals surface area contributed by atoms with Crippen LogP contribution in [0.25, 0.3) is 0 Å². The van der Waals surface area contributed by atoms with Crippen LogP contribution in [0, 0.1) is 23.6 Å². The molecule has 2 aromatic carbocycles. The highest BCUT2D eigenvalue weighted by atomic mass is 19.1. The first-order valence-electron chi connectivity index (χ1n) is 9.98. The van der Waals surface area contributed by atoms with E-state index in [2.05, 4.69) is 22.7 Å². The van der Waals surface area contributed by atoms with E-state index in [9.17, 15) is 9.50 Å². The average Bonchev–Trinajstić information content (AvgIpc) is 2.63. The van der Waals surface area contributed by atoms with Crippen LogP contribution in [-0.2, 0) is 5.41 Å². The lowest BCUT2D eigenvalue weighted by atomic mass is 9.48. The van der Waals surface area contributed by atoms with E-state index in [1.807, 2.05) is 0 Å². The van der Waals surface area contributed by atoms with Crippen molar-refractivity contribution >= 4 is 11.9 Å². The number of phenols is 1. The van der Waals surface area contributed by atoms with Crippen molar-refractivity contribution in [2.45, 2.75) is 43.9 Å². The Hall–Kier alpha value is -2.36. The molecule has 0 atom stereocenters. The zero-order chi connectivity index (χ0) is 18.4. The van der Waals surface area contributed by atoms with Gasteiger partial charge in [0.05, 0.1) is 11.9 Å². The predicted octanol–water partition coefficient (Wildman–Crippen LogP) is 5.45. The number of phenolic OH excluding ortho intramolecular Hbond substituents is 1. The lowest BCUT2D eigenvalue weighted by Crippen LogP contribution is -2.48. The zero-order valence-electron chi connectivity index (χ0n) is 15.4. The van der Waals surface area contributed by atoms with Crippen molar-refractivity contribution in [2.75, 3.05) is 5.43 Å². The zero-order valence-corrected chi connectivity index (χ0v) is 15.4. The van der Waals surface area contributed by atoms with Crippen LogP contribution in [0.3, 0.4) is 0 Å². The Morgan fingerprint density at radius 1 is 1.00 bits per heavy atom. The van der Waals surface area contributed by atoms with Crippen LogP contribution < -0.4 is 5.43 Å². The quantitative estimate of drug-likeness (QED) is 0.560. The van der Waals surface area contributed by atoms with Gasteiger partial charge in [-0.05, 0) is 91.5 Å². The molecule has 0 spiro atoms. The first kappa shape index (κ1) is 16.8. The number of halogens is 1. The molecule has 4 heteroatoms. The number of hydrogen-bond donors (Lipinski definition) is 2. The maximum Gasteiger partial charge on any atom is 0.148 e. The third kappa shape index (κ3) is 3.01. The lowest BCUT2D eigenvalue weighted by Gasteiger charge is -2.57. The van der Waals surface area contributed by atoms with E-state index in [1.54, 1.807) is 30.5 Å². The number of rotatable bonds is 4. The third-order valence-corrected chi connectivity index (χ3v) is 6.94. The number of aromatic hydroxyl groups is 1. The topological polar surface area (TPSA) is 44.6 Å². The molecule has 140 valence electrons. The van der Waals surface area contributed by atoms with Crippen LogP contribution in [0.1, 0.15) is 49.7 Å². The molecule has 4 aliphatic rings. The van der Waals surface area contributed by atoms with Crippen LogP contribution in [0.2, 0.25) is 0 Å². The molecule has 2 aromatic rings. The van der Waals surface area contributed by atoms with E-state index < -0.39 is 0 Å². The van der Waals surface area contributed by atoms with E-state index in [4.69, 9.17) is 0 Å². The summed E-state index contributed by atoms with van der Waals surface area (Å²) in [5.74, 6) is 2.50. The molecule has 0 aliphatic heterocycles. The molecule has 0 amide bonds. The molecule has 4 fully saturated rings. The Morgan fingerprint density at radius 2 is 1.67 bits per heavy atom. The minimum absolute atomic E-state index is 0.211. The Bertz CT molecular complexity index is 856. The van der Waals surface area contributed by atoms with Gasteiger partial charge >= 0.3 is 0 Å². The summed E-state index contributed by atoms with van der Waals surface area (Å²) in [6.07, 6.45) is 9.69. The minimum atomic E-state index is -0.346. The second-order valence-corrected chi connectivity index (χ2v) is 8.82. The van der Waals surface area contributed by atoms with Gasteiger partial charge in [-0.25, -0.2) is 4.39 Å². The number of para-hydroxylation sites is 1. The standard InChI is InChI=1S/C23H25FN2O/c24-20-3-1-2-4-21(20)26-25-14-18-10-19(5-6-22(18)27)23-11-15-7-16(12-23)9-17(8-15)13-23/h1-6,10,14-17,26-27H,7-9,11-13H2. The molecule has 2 N–H and O–H groups in total. The summed E-state index contributed by atoms with van der Waals surface area (Å²) < 4.78 is 13.7. The first-order chi connectivity index (χ1) is 13.1. The maximum absolute atomic E-state index is 13.7. The molecule has 6 rings (SSSR count). The molecule has 0 unspecified atom stereocenters. The largest absolute Gasteiger partial charge is 0.507 e. The molecule has 4 saturated carbocycles. The Morgan fingerprint density at radius 3 is 2.33 bits per heavy atom. The van der Waals surface area contributed by atoms with Gasteiger partial charge in [0, 0.05) is 5.56 Å². The van der Waals surface area contributed by atoms with Gasteiger partial charge in [-0.1, -0.05) is 18.2 Å². The molecular weight excluding hydrogens is 339 g/mol. The molecule has 3 nitrogen and oxygen atoms in total. The van der Waals surface area contributed by atoms with E-state index in [0.717, 1.165) is 17.8 Å². The SMILES string of the molecule is Oc1ccc(C23CC4CC(CC(C4)C2)C3)cc1C=NNc1ccccc1F. The minimum Gasteiger partial charge on any atom is -0.507 e. The highest BCUT2D eigenvalue weighted by molar-refractivity contribution is 5.84. The van der Waals surface area contributed by atoms with Crippen molar-refractivity contribution in [3.63, 3.8) is 0 Å². The van der Waals surface area contributed by atoms with Gasteiger partial charge in [-0.2, -0.15) is 5.10 Å². The number of hydrazone groups is 1. The van der Waals surface area contributed by atoms with Crippen molar-refractivity contribution in [2.24, 2.45) is 22.9 Å². The second-order valence-electron chi connectivity index (χ2n) is 8.82. The Labute approximate surface area is 159 Å². The van der Waals surface area contributed by atoms with Gasteiger partial charge in [0.1, 0.15) is 11.6 Å². The van der Waals surface area contributed by atoms with E-state index in [-0.39, 0.29) is 17.0 Å². The summed E-state index contributed by atoms with van der Waals surface area (Å²) in [7, 11) is 0. The highest BCUT2D eigenvalue weighted by Crippen LogP contribution is 2.60. The molecule has 4 aliphatic carbocycles. The van der Waals surface area contributed by atoms with E-state index in [0.29, 0.717) is 11.3 Å². The van der Waals surface area contributed by atoms with Crippen LogP contribution in [-0.4, -0.2) is 11.3 Å². The molecule has 0 aromatic heterocycles. The van der Waals surface area contributed by atoms with Crippen molar-refractivity contribution in [1.82, 2.24) is 0 Å². The van der Waals surface area contributed by atoms with Crippen LogP contribution in [0.15, 0.2) is 47.6 Å². The molecule has 4 bridgehead atoms. The van der Waals surface area contributed by atoms with Gasteiger partial charge in [-0.15, -0.1) is 0 Å². The van der Waals surface area contributed by atoms with Crippen molar-refractivity contribution in [1.29, 1.82) is 0 Å². The predicted molar refractivity (Wildman–Crippen MR) is 106 cm³/mol. The van der Waals surface area contributed by atoms with Crippen molar-refractivity contribution < 1.29 is 9.50 Å². The van der Waals surface area contributed by atoms with Gasteiger partial charge in [0.15, 0.2) is 0 Å².